The molecule has 3 nitrogen and oxygen atoms in total. The molecule has 0 spiro atoms. The molecular formula is C10H14Cl2O3S. The van der Waals surface area contributed by atoms with Crippen LogP contribution in [0.15, 0.2) is 11.0 Å². The predicted molar refractivity (Wildman–Crippen MR) is 65.4 cm³/mol. The van der Waals surface area contributed by atoms with E-state index in [0.717, 1.165) is 12.8 Å². The summed E-state index contributed by atoms with van der Waals surface area (Å²) in [5, 5.41) is 0.728. The van der Waals surface area contributed by atoms with Crippen molar-refractivity contribution in [2.24, 2.45) is 5.92 Å². The van der Waals surface area contributed by atoms with Crippen LogP contribution in [-0.4, -0.2) is 25.3 Å². The van der Waals surface area contributed by atoms with Gasteiger partial charge in [0.2, 0.25) is 5.24 Å². The smallest absolute Gasteiger partial charge is 0.228 e. The number of carbonyl (C=O) groups excluding carboxylic acids is 1. The molecular weight excluding hydrogens is 271 g/mol. The molecule has 0 aromatic heterocycles. The molecule has 1 saturated carbocycles. The number of alkyl halides is 1. The SMILES string of the molecule is O=C(Cl)C1CCCC/C1=C\S(=O)(=O)CCCl. The van der Waals surface area contributed by atoms with Gasteiger partial charge < -0.3 is 0 Å². The lowest BCUT2D eigenvalue weighted by Crippen LogP contribution is -2.18. The molecule has 1 aliphatic rings. The van der Waals surface area contributed by atoms with Crippen LogP contribution >= 0.6 is 23.2 Å². The van der Waals surface area contributed by atoms with E-state index in [0.29, 0.717) is 18.4 Å². The van der Waals surface area contributed by atoms with E-state index in [1.54, 1.807) is 0 Å². The second-order valence-electron chi connectivity index (χ2n) is 3.85. The monoisotopic (exact) mass is 284 g/mol. The Bertz CT molecular complexity index is 387. The van der Waals surface area contributed by atoms with E-state index in [9.17, 15) is 13.2 Å². The van der Waals surface area contributed by atoms with Crippen molar-refractivity contribution in [3.05, 3.63) is 11.0 Å². The lowest BCUT2D eigenvalue weighted by molar-refractivity contribution is -0.114. The summed E-state index contributed by atoms with van der Waals surface area (Å²) in [5.74, 6) is -0.465. The zero-order chi connectivity index (χ0) is 12.2. The maximum absolute atomic E-state index is 11.6. The first kappa shape index (κ1) is 14.0. The highest BCUT2D eigenvalue weighted by atomic mass is 35.5. The maximum Gasteiger partial charge on any atom is 0.228 e. The van der Waals surface area contributed by atoms with Crippen LogP contribution in [0.3, 0.4) is 0 Å². The van der Waals surface area contributed by atoms with E-state index >= 15 is 0 Å². The van der Waals surface area contributed by atoms with Crippen LogP contribution in [0.5, 0.6) is 0 Å². The lowest BCUT2D eigenvalue weighted by Gasteiger charge is -2.21. The minimum atomic E-state index is -3.30. The van der Waals surface area contributed by atoms with Gasteiger partial charge in [-0.2, -0.15) is 0 Å². The number of halogens is 2. The van der Waals surface area contributed by atoms with E-state index in [4.69, 9.17) is 23.2 Å². The van der Waals surface area contributed by atoms with Gasteiger partial charge in [0.05, 0.1) is 11.7 Å². The highest BCUT2D eigenvalue weighted by Gasteiger charge is 2.25. The first-order valence-corrected chi connectivity index (χ1v) is 7.77. The topological polar surface area (TPSA) is 51.2 Å². The summed E-state index contributed by atoms with van der Waals surface area (Å²) in [7, 11) is -3.30. The van der Waals surface area contributed by atoms with Gasteiger partial charge in [-0.05, 0) is 36.4 Å². The standard InChI is InChI=1S/C10H14Cl2O3S/c11-5-6-16(14,15)7-8-3-1-2-4-9(8)10(12)13/h7,9H,1-6H2/b8-7+. The van der Waals surface area contributed by atoms with Gasteiger partial charge >= 0.3 is 0 Å². The van der Waals surface area contributed by atoms with Crippen LogP contribution in [0.4, 0.5) is 0 Å². The molecule has 16 heavy (non-hydrogen) atoms. The Labute approximate surface area is 106 Å². The van der Waals surface area contributed by atoms with Crippen LogP contribution in [0, 0.1) is 5.92 Å². The van der Waals surface area contributed by atoms with Crippen LogP contribution < -0.4 is 0 Å². The minimum Gasteiger partial charge on any atom is -0.281 e. The molecule has 1 aliphatic carbocycles. The molecule has 0 heterocycles. The Kier molecular flexibility index (Phi) is 5.28. The molecule has 0 aliphatic heterocycles. The summed E-state index contributed by atoms with van der Waals surface area (Å²) in [5.41, 5.74) is 0.636. The van der Waals surface area contributed by atoms with Gasteiger partial charge in [0.15, 0.2) is 9.84 Å². The summed E-state index contributed by atoms with van der Waals surface area (Å²) in [6, 6.07) is 0. The molecule has 1 unspecified atom stereocenters. The van der Waals surface area contributed by atoms with Gasteiger partial charge in [-0.3, -0.25) is 4.79 Å². The Morgan fingerprint density at radius 2 is 2.12 bits per heavy atom. The van der Waals surface area contributed by atoms with Crippen LogP contribution in [-0.2, 0) is 14.6 Å². The van der Waals surface area contributed by atoms with Crippen molar-refractivity contribution in [1.82, 2.24) is 0 Å². The fourth-order valence-electron chi connectivity index (χ4n) is 1.83. The number of sulfone groups is 1. The van der Waals surface area contributed by atoms with Crippen LogP contribution in [0.25, 0.3) is 0 Å². The molecule has 0 aromatic rings. The van der Waals surface area contributed by atoms with Crippen molar-refractivity contribution >= 4 is 38.3 Å². The van der Waals surface area contributed by atoms with E-state index in [1.807, 2.05) is 0 Å². The molecule has 92 valence electrons. The van der Waals surface area contributed by atoms with E-state index in [2.05, 4.69) is 0 Å². The Hall–Kier alpha value is -0.0600. The molecule has 1 rings (SSSR count). The third kappa shape index (κ3) is 4.07. The Morgan fingerprint density at radius 3 is 2.69 bits per heavy atom. The average molecular weight is 285 g/mol. The number of allylic oxidation sites excluding steroid dienone is 1. The quantitative estimate of drug-likeness (QED) is 0.589. The minimum absolute atomic E-state index is 0.0611. The second kappa shape index (κ2) is 6.03. The first-order chi connectivity index (χ1) is 7.46. The van der Waals surface area contributed by atoms with Gasteiger partial charge in [0.25, 0.3) is 0 Å². The number of hydrogen-bond donors (Lipinski definition) is 0. The van der Waals surface area contributed by atoms with Gasteiger partial charge in [0.1, 0.15) is 0 Å². The number of hydrogen-bond acceptors (Lipinski definition) is 3. The third-order valence-corrected chi connectivity index (χ3v) is 4.73. The van der Waals surface area contributed by atoms with Crippen LogP contribution in [0.2, 0.25) is 0 Å². The van der Waals surface area contributed by atoms with Crippen molar-refractivity contribution < 1.29 is 13.2 Å². The van der Waals surface area contributed by atoms with Gasteiger partial charge in [-0.15, -0.1) is 11.6 Å². The molecule has 0 bridgehead atoms. The lowest BCUT2D eigenvalue weighted by atomic mass is 9.86. The van der Waals surface area contributed by atoms with Crippen molar-refractivity contribution in [3.63, 3.8) is 0 Å². The molecule has 6 heteroatoms. The molecule has 0 radical (unpaired) electrons. The average Bonchev–Trinajstić information content (AvgIpc) is 2.17. The number of carbonyl (C=O) groups is 1. The summed E-state index contributed by atoms with van der Waals surface area (Å²) >= 11 is 10.9. The zero-order valence-corrected chi connectivity index (χ0v) is 11.1. The fourth-order valence-corrected chi connectivity index (χ4v) is 3.81. The van der Waals surface area contributed by atoms with Gasteiger partial charge in [-0.25, -0.2) is 8.42 Å². The Morgan fingerprint density at radius 1 is 1.44 bits per heavy atom. The van der Waals surface area contributed by atoms with Crippen molar-refractivity contribution in [3.8, 4) is 0 Å². The fraction of sp³-hybridized carbons (Fsp3) is 0.700. The number of rotatable bonds is 4. The van der Waals surface area contributed by atoms with E-state index in [-0.39, 0.29) is 11.6 Å². The van der Waals surface area contributed by atoms with E-state index in [1.165, 1.54) is 5.41 Å². The summed E-state index contributed by atoms with van der Waals surface area (Å²) in [4.78, 5) is 11.2. The van der Waals surface area contributed by atoms with Gasteiger partial charge in [0, 0.05) is 11.3 Å². The largest absolute Gasteiger partial charge is 0.281 e. The van der Waals surface area contributed by atoms with E-state index < -0.39 is 21.0 Å². The van der Waals surface area contributed by atoms with Gasteiger partial charge in [-0.1, -0.05) is 6.42 Å². The summed E-state index contributed by atoms with van der Waals surface area (Å²) in [6.07, 6.45) is 3.09. The maximum atomic E-state index is 11.6. The highest BCUT2D eigenvalue weighted by Crippen LogP contribution is 2.31. The van der Waals surface area contributed by atoms with Crippen LogP contribution in [0.1, 0.15) is 25.7 Å². The Balaban J connectivity index is 2.91. The van der Waals surface area contributed by atoms with Crippen molar-refractivity contribution in [1.29, 1.82) is 0 Å². The zero-order valence-electron chi connectivity index (χ0n) is 8.79. The van der Waals surface area contributed by atoms with Crippen molar-refractivity contribution in [2.75, 3.05) is 11.6 Å². The normalized spacial score (nSPS) is 24.6. The molecule has 0 N–H and O–H groups in total. The summed E-state index contributed by atoms with van der Waals surface area (Å²) in [6.45, 7) is 0. The summed E-state index contributed by atoms with van der Waals surface area (Å²) < 4.78 is 23.1. The molecule has 1 atom stereocenters. The molecule has 1 fully saturated rings. The molecule has 0 aromatic carbocycles. The molecule has 0 amide bonds. The van der Waals surface area contributed by atoms with Crippen molar-refractivity contribution in [2.45, 2.75) is 25.7 Å². The third-order valence-electron chi connectivity index (χ3n) is 2.62. The first-order valence-electron chi connectivity index (χ1n) is 5.15. The second-order valence-corrected chi connectivity index (χ2v) is 6.57. The predicted octanol–water partition coefficient (Wildman–Crippen LogP) is 2.48. The highest BCUT2D eigenvalue weighted by molar-refractivity contribution is 7.94. The molecule has 0 saturated heterocycles.